The van der Waals surface area contributed by atoms with Crippen LogP contribution in [0.3, 0.4) is 0 Å². The number of nitrogens with one attached hydrogen (secondary N) is 1. The number of nitrogens with zero attached hydrogens (tertiary/aromatic N) is 1. The smallest absolute Gasteiger partial charge is 0.270 e. The van der Waals surface area contributed by atoms with Crippen molar-refractivity contribution < 1.29 is 4.92 Å². The highest BCUT2D eigenvalue weighted by molar-refractivity contribution is 9.10. The molecular weight excluding hydrogens is 388 g/mol. The minimum atomic E-state index is -0.402. The maximum absolute atomic E-state index is 10.7. The third-order valence-corrected chi connectivity index (χ3v) is 4.15. The predicted molar refractivity (Wildman–Crippen MR) is 87.0 cm³/mol. The molecule has 0 bridgehead atoms. The van der Waals surface area contributed by atoms with Crippen molar-refractivity contribution in [1.29, 1.82) is 0 Å². The largest absolute Gasteiger partial charge is 0.381 e. The summed E-state index contributed by atoms with van der Waals surface area (Å²) >= 11 is 6.81. The lowest BCUT2D eigenvalue weighted by Gasteiger charge is -2.11. The van der Waals surface area contributed by atoms with Crippen molar-refractivity contribution in [3.05, 3.63) is 66.6 Å². The fourth-order valence-corrected chi connectivity index (χ4v) is 2.64. The maximum atomic E-state index is 10.7. The summed E-state index contributed by atoms with van der Waals surface area (Å²) in [6, 6.07) is 10.8. The summed E-state index contributed by atoms with van der Waals surface area (Å²) in [5.41, 5.74) is 3.23. The van der Waals surface area contributed by atoms with Gasteiger partial charge in [-0.25, -0.2) is 0 Å². The van der Waals surface area contributed by atoms with E-state index >= 15 is 0 Å². The summed E-state index contributed by atoms with van der Waals surface area (Å²) in [5.74, 6) is 0. The molecule has 0 unspecified atom stereocenters. The third-order valence-electron chi connectivity index (χ3n) is 2.92. The van der Waals surface area contributed by atoms with Gasteiger partial charge >= 0.3 is 0 Å². The summed E-state index contributed by atoms with van der Waals surface area (Å²) in [7, 11) is 0. The number of aryl methyl sites for hydroxylation is 1. The monoisotopic (exact) mass is 398 g/mol. The van der Waals surface area contributed by atoms with Crippen LogP contribution in [0.25, 0.3) is 0 Å². The van der Waals surface area contributed by atoms with Crippen molar-refractivity contribution >= 4 is 43.2 Å². The Morgan fingerprint density at radius 3 is 2.60 bits per heavy atom. The second-order valence-electron chi connectivity index (χ2n) is 4.35. The van der Waals surface area contributed by atoms with Gasteiger partial charge in [-0.15, -0.1) is 0 Å². The fourth-order valence-electron chi connectivity index (χ4n) is 1.77. The standard InChI is InChI=1S/C14H12Br2N2O2/c1-9-2-4-11(15)6-14(9)17-8-10-3-5-12(18(19)20)7-13(10)16/h2-7,17H,8H2,1H3. The fraction of sp³-hybridized carbons (Fsp3) is 0.143. The van der Waals surface area contributed by atoms with Gasteiger partial charge in [0.1, 0.15) is 0 Å². The summed E-state index contributed by atoms with van der Waals surface area (Å²) in [4.78, 5) is 10.3. The third kappa shape index (κ3) is 3.58. The Morgan fingerprint density at radius 2 is 1.95 bits per heavy atom. The molecule has 2 aromatic carbocycles. The first kappa shape index (κ1) is 15.0. The molecular formula is C14H12Br2N2O2. The Balaban J connectivity index is 2.15. The number of hydrogen-bond donors (Lipinski definition) is 1. The Bertz CT molecular complexity index is 660. The van der Waals surface area contributed by atoms with Crippen LogP contribution in [-0.2, 0) is 6.54 Å². The molecule has 0 aliphatic rings. The molecule has 0 saturated heterocycles. The molecule has 1 N–H and O–H groups in total. The topological polar surface area (TPSA) is 55.2 Å². The van der Waals surface area contributed by atoms with Gasteiger partial charge in [0.25, 0.3) is 5.69 Å². The van der Waals surface area contributed by atoms with E-state index in [1.165, 1.54) is 12.1 Å². The molecule has 0 atom stereocenters. The van der Waals surface area contributed by atoms with Crippen molar-refractivity contribution in [3.63, 3.8) is 0 Å². The average Bonchev–Trinajstić information content (AvgIpc) is 2.40. The van der Waals surface area contributed by atoms with Gasteiger partial charge < -0.3 is 5.32 Å². The molecule has 0 amide bonds. The highest BCUT2D eigenvalue weighted by atomic mass is 79.9. The molecule has 2 rings (SSSR count). The Labute approximate surface area is 133 Å². The van der Waals surface area contributed by atoms with Gasteiger partial charge in [0.05, 0.1) is 4.92 Å². The van der Waals surface area contributed by atoms with Gasteiger partial charge in [-0.1, -0.05) is 37.9 Å². The van der Waals surface area contributed by atoms with Gasteiger partial charge in [-0.2, -0.15) is 0 Å². The van der Waals surface area contributed by atoms with E-state index in [1.807, 2.05) is 25.1 Å². The lowest BCUT2D eigenvalue weighted by Crippen LogP contribution is -2.02. The highest BCUT2D eigenvalue weighted by Gasteiger charge is 2.09. The van der Waals surface area contributed by atoms with Crippen molar-refractivity contribution in [1.82, 2.24) is 0 Å². The number of non-ortho nitro benzene ring substituents is 1. The van der Waals surface area contributed by atoms with E-state index in [9.17, 15) is 10.1 Å². The molecule has 104 valence electrons. The van der Waals surface area contributed by atoms with Gasteiger partial charge in [0.2, 0.25) is 0 Å². The number of nitro groups is 1. The predicted octanol–water partition coefficient (Wildman–Crippen LogP) is 5.04. The zero-order valence-electron chi connectivity index (χ0n) is 10.7. The maximum Gasteiger partial charge on any atom is 0.270 e. The first-order valence-corrected chi connectivity index (χ1v) is 7.49. The Hall–Kier alpha value is -1.40. The van der Waals surface area contributed by atoms with E-state index in [-0.39, 0.29) is 5.69 Å². The summed E-state index contributed by atoms with van der Waals surface area (Å²) in [6.45, 7) is 2.62. The molecule has 20 heavy (non-hydrogen) atoms. The van der Waals surface area contributed by atoms with Gasteiger partial charge in [-0.3, -0.25) is 10.1 Å². The molecule has 0 aromatic heterocycles. The molecule has 4 nitrogen and oxygen atoms in total. The lowest BCUT2D eigenvalue weighted by molar-refractivity contribution is -0.384. The summed E-state index contributed by atoms with van der Waals surface area (Å²) in [6.07, 6.45) is 0. The number of benzene rings is 2. The number of hydrogen-bond acceptors (Lipinski definition) is 3. The van der Waals surface area contributed by atoms with E-state index in [0.29, 0.717) is 6.54 Å². The molecule has 0 spiro atoms. The number of nitro benzene ring substituents is 1. The minimum absolute atomic E-state index is 0.0826. The average molecular weight is 400 g/mol. The highest BCUT2D eigenvalue weighted by Crippen LogP contribution is 2.25. The molecule has 6 heteroatoms. The van der Waals surface area contributed by atoms with Crippen molar-refractivity contribution in [2.75, 3.05) is 5.32 Å². The molecule has 0 heterocycles. The van der Waals surface area contributed by atoms with Crippen LogP contribution >= 0.6 is 31.9 Å². The van der Waals surface area contributed by atoms with Crippen molar-refractivity contribution in [3.8, 4) is 0 Å². The molecule has 2 aromatic rings. The van der Waals surface area contributed by atoms with Crippen molar-refractivity contribution in [2.45, 2.75) is 13.5 Å². The zero-order valence-corrected chi connectivity index (χ0v) is 13.9. The first-order chi connectivity index (χ1) is 9.47. The van der Waals surface area contributed by atoms with E-state index in [1.54, 1.807) is 6.07 Å². The number of anilines is 1. The number of halogens is 2. The first-order valence-electron chi connectivity index (χ1n) is 5.90. The zero-order chi connectivity index (χ0) is 14.7. The van der Waals surface area contributed by atoms with Crippen LogP contribution in [-0.4, -0.2) is 4.92 Å². The van der Waals surface area contributed by atoms with Crippen LogP contribution in [0.15, 0.2) is 45.3 Å². The Morgan fingerprint density at radius 1 is 1.20 bits per heavy atom. The van der Waals surface area contributed by atoms with Crippen LogP contribution in [0.1, 0.15) is 11.1 Å². The van der Waals surface area contributed by atoms with Gasteiger partial charge in [0.15, 0.2) is 0 Å². The van der Waals surface area contributed by atoms with Crippen molar-refractivity contribution in [2.24, 2.45) is 0 Å². The molecule has 0 fully saturated rings. The quantitative estimate of drug-likeness (QED) is 0.578. The summed E-state index contributed by atoms with van der Waals surface area (Å²) < 4.78 is 1.74. The molecule has 0 aliphatic carbocycles. The van der Waals surface area contributed by atoms with Gasteiger partial charge in [-0.05, 0) is 36.2 Å². The van der Waals surface area contributed by atoms with E-state index in [0.717, 1.165) is 25.8 Å². The molecule has 0 aliphatic heterocycles. The SMILES string of the molecule is Cc1ccc(Br)cc1NCc1ccc([N+](=O)[O-])cc1Br. The lowest BCUT2D eigenvalue weighted by atomic mass is 10.1. The Kier molecular flexibility index (Phi) is 4.77. The normalized spacial score (nSPS) is 10.3. The van der Waals surface area contributed by atoms with Gasteiger partial charge in [0, 0.05) is 33.3 Å². The van der Waals surface area contributed by atoms with E-state index in [2.05, 4.69) is 37.2 Å². The van der Waals surface area contributed by atoms with Crippen LogP contribution < -0.4 is 5.32 Å². The van der Waals surface area contributed by atoms with Crippen LogP contribution in [0.4, 0.5) is 11.4 Å². The van der Waals surface area contributed by atoms with Crippen LogP contribution in [0.2, 0.25) is 0 Å². The summed E-state index contributed by atoms with van der Waals surface area (Å²) in [5, 5.41) is 14.0. The second kappa shape index (κ2) is 6.37. The van der Waals surface area contributed by atoms with Crippen LogP contribution in [0.5, 0.6) is 0 Å². The molecule has 0 saturated carbocycles. The van der Waals surface area contributed by atoms with E-state index in [4.69, 9.17) is 0 Å². The second-order valence-corrected chi connectivity index (χ2v) is 6.12. The molecule has 0 radical (unpaired) electrons. The van der Waals surface area contributed by atoms with Crippen LogP contribution in [0, 0.1) is 17.0 Å². The number of rotatable bonds is 4. The minimum Gasteiger partial charge on any atom is -0.381 e. The van der Waals surface area contributed by atoms with E-state index < -0.39 is 4.92 Å².